The number of nitrogens with one attached hydrogen (secondary N) is 1. The zero-order valence-electron chi connectivity index (χ0n) is 10.9. The summed E-state index contributed by atoms with van der Waals surface area (Å²) in [5, 5.41) is 2.94. The quantitative estimate of drug-likeness (QED) is 0.791. The molecule has 18 heavy (non-hydrogen) atoms. The van der Waals surface area contributed by atoms with Gasteiger partial charge in [-0.15, -0.1) is 0 Å². The smallest absolute Gasteiger partial charge is 0.251 e. The second-order valence-electron chi connectivity index (χ2n) is 4.94. The number of hydrogen-bond acceptors (Lipinski definition) is 3. The number of nitrogens with zero attached hydrogens (tertiary/aromatic N) is 1. The number of benzene rings is 1. The van der Waals surface area contributed by atoms with Gasteiger partial charge in [-0.2, -0.15) is 0 Å². The average Bonchev–Trinajstić information content (AvgIpc) is 2.80. The highest BCUT2D eigenvalue weighted by Crippen LogP contribution is 2.11. The molecular weight excluding hydrogens is 226 g/mol. The lowest BCUT2D eigenvalue weighted by atomic mass is 10.1. The summed E-state index contributed by atoms with van der Waals surface area (Å²) in [6, 6.07) is 5.45. The first-order chi connectivity index (χ1) is 8.65. The lowest BCUT2D eigenvalue weighted by Gasteiger charge is -2.14. The maximum absolute atomic E-state index is 11.9. The van der Waals surface area contributed by atoms with Crippen molar-refractivity contribution in [2.45, 2.75) is 19.8 Å². The van der Waals surface area contributed by atoms with Crippen molar-refractivity contribution in [1.82, 2.24) is 10.2 Å². The van der Waals surface area contributed by atoms with E-state index < -0.39 is 0 Å². The van der Waals surface area contributed by atoms with Crippen molar-refractivity contribution < 1.29 is 4.79 Å². The Kier molecular flexibility index (Phi) is 4.20. The second-order valence-corrected chi connectivity index (χ2v) is 4.94. The van der Waals surface area contributed by atoms with E-state index >= 15 is 0 Å². The molecular formula is C14H21N3O. The van der Waals surface area contributed by atoms with E-state index in [0.717, 1.165) is 25.2 Å². The van der Waals surface area contributed by atoms with Crippen LogP contribution in [0.5, 0.6) is 0 Å². The summed E-state index contributed by atoms with van der Waals surface area (Å²) in [6.45, 7) is 5.90. The number of anilines is 1. The fourth-order valence-electron chi connectivity index (χ4n) is 2.38. The highest BCUT2D eigenvalue weighted by Gasteiger charge is 2.11. The molecule has 0 atom stereocenters. The largest absolute Gasteiger partial charge is 0.399 e. The molecule has 0 radical (unpaired) electrons. The van der Waals surface area contributed by atoms with Gasteiger partial charge in [0.1, 0.15) is 0 Å². The SMILES string of the molecule is Cc1cc(N)cc(C(=O)NCCN2CCCC2)c1. The summed E-state index contributed by atoms with van der Waals surface area (Å²) in [4.78, 5) is 14.3. The molecule has 0 unspecified atom stereocenters. The van der Waals surface area contributed by atoms with Gasteiger partial charge in [-0.1, -0.05) is 0 Å². The van der Waals surface area contributed by atoms with Crippen LogP contribution < -0.4 is 11.1 Å². The van der Waals surface area contributed by atoms with Crippen LogP contribution in [0.3, 0.4) is 0 Å². The number of rotatable bonds is 4. The Balaban J connectivity index is 1.83. The van der Waals surface area contributed by atoms with Crippen LogP contribution in [-0.4, -0.2) is 37.0 Å². The fraction of sp³-hybridized carbons (Fsp3) is 0.500. The Labute approximate surface area is 108 Å². The van der Waals surface area contributed by atoms with Gasteiger partial charge in [-0.25, -0.2) is 0 Å². The number of hydrogen-bond donors (Lipinski definition) is 2. The summed E-state index contributed by atoms with van der Waals surface area (Å²) in [5.74, 6) is -0.0374. The molecule has 0 bridgehead atoms. The molecule has 1 aromatic carbocycles. The molecule has 1 amide bonds. The average molecular weight is 247 g/mol. The van der Waals surface area contributed by atoms with E-state index in [1.54, 1.807) is 6.07 Å². The third-order valence-corrected chi connectivity index (χ3v) is 3.27. The third-order valence-electron chi connectivity index (χ3n) is 3.27. The second kappa shape index (κ2) is 5.87. The third kappa shape index (κ3) is 3.47. The molecule has 0 spiro atoms. The zero-order chi connectivity index (χ0) is 13.0. The molecule has 1 aromatic rings. The number of amides is 1. The van der Waals surface area contributed by atoms with Crippen LogP contribution in [0.15, 0.2) is 18.2 Å². The van der Waals surface area contributed by atoms with Gasteiger partial charge in [0.15, 0.2) is 0 Å². The summed E-state index contributed by atoms with van der Waals surface area (Å²) in [6.07, 6.45) is 2.56. The minimum atomic E-state index is -0.0374. The van der Waals surface area contributed by atoms with Crippen LogP contribution in [0.1, 0.15) is 28.8 Å². The van der Waals surface area contributed by atoms with Crippen molar-refractivity contribution >= 4 is 11.6 Å². The molecule has 4 nitrogen and oxygen atoms in total. The minimum absolute atomic E-state index is 0.0374. The van der Waals surface area contributed by atoms with Crippen LogP contribution in [0.2, 0.25) is 0 Å². The number of carbonyl (C=O) groups is 1. The highest BCUT2D eigenvalue weighted by atomic mass is 16.1. The molecule has 3 N–H and O–H groups in total. The van der Waals surface area contributed by atoms with Gasteiger partial charge >= 0.3 is 0 Å². The van der Waals surface area contributed by atoms with Crippen molar-refractivity contribution in [3.8, 4) is 0 Å². The number of nitrogens with two attached hydrogens (primary N) is 1. The van der Waals surface area contributed by atoms with E-state index in [1.165, 1.54) is 12.8 Å². The summed E-state index contributed by atoms with van der Waals surface area (Å²) >= 11 is 0. The van der Waals surface area contributed by atoms with E-state index in [1.807, 2.05) is 19.1 Å². The lowest BCUT2D eigenvalue weighted by Crippen LogP contribution is -2.33. The van der Waals surface area contributed by atoms with Crippen molar-refractivity contribution in [2.75, 3.05) is 31.9 Å². The molecule has 1 aliphatic rings. The van der Waals surface area contributed by atoms with Crippen LogP contribution >= 0.6 is 0 Å². The van der Waals surface area contributed by atoms with Gasteiger partial charge in [-0.3, -0.25) is 4.79 Å². The zero-order valence-corrected chi connectivity index (χ0v) is 10.9. The predicted octanol–water partition coefficient (Wildman–Crippen LogP) is 1.40. The Morgan fingerprint density at radius 2 is 2.06 bits per heavy atom. The maximum Gasteiger partial charge on any atom is 0.251 e. The maximum atomic E-state index is 11.9. The topological polar surface area (TPSA) is 58.4 Å². The molecule has 98 valence electrons. The van der Waals surface area contributed by atoms with Crippen LogP contribution in [0.25, 0.3) is 0 Å². The van der Waals surface area contributed by atoms with Gasteiger partial charge in [0, 0.05) is 24.3 Å². The first-order valence-electron chi connectivity index (χ1n) is 6.53. The minimum Gasteiger partial charge on any atom is -0.399 e. The van der Waals surface area contributed by atoms with Gasteiger partial charge < -0.3 is 16.0 Å². The number of aryl methyl sites for hydroxylation is 1. The predicted molar refractivity (Wildman–Crippen MR) is 73.6 cm³/mol. The van der Waals surface area contributed by atoms with E-state index in [-0.39, 0.29) is 5.91 Å². The van der Waals surface area contributed by atoms with Crippen molar-refractivity contribution in [1.29, 1.82) is 0 Å². The molecule has 1 saturated heterocycles. The van der Waals surface area contributed by atoms with Gasteiger partial charge in [0.25, 0.3) is 5.91 Å². The Bertz CT molecular complexity index is 405. The standard InChI is InChI=1S/C14H21N3O/c1-11-8-12(10-13(15)9-11)14(18)16-4-7-17-5-2-3-6-17/h8-10H,2-7,15H2,1H3,(H,16,18). The van der Waals surface area contributed by atoms with Crippen molar-refractivity contribution in [3.05, 3.63) is 29.3 Å². The first-order valence-corrected chi connectivity index (χ1v) is 6.53. The fourth-order valence-corrected chi connectivity index (χ4v) is 2.38. The Morgan fingerprint density at radius 3 is 2.72 bits per heavy atom. The molecule has 2 rings (SSSR count). The van der Waals surface area contributed by atoms with Crippen LogP contribution in [0.4, 0.5) is 5.69 Å². The molecule has 0 aliphatic carbocycles. The molecule has 0 aromatic heterocycles. The lowest BCUT2D eigenvalue weighted by molar-refractivity contribution is 0.0949. The van der Waals surface area contributed by atoms with Crippen molar-refractivity contribution in [2.24, 2.45) is 0 Å². The van der Waals surface area contributed by atoms with E-state index in [2.05, 4.69) is 10.2 Å². The Morgan fingerprint density at radius 1 is 1.33 bits per heavy atom. The van der Waals surface area contributed by atoms with E-state index in [9.17, 15) is 4.79 Å². The van der Waals surface area contributed by atoms with E-state index in [4.69, 9.17) is 5.73 Å². The molecule has 1 fully saturated rings. The molecule has 1 heterocycles. The Hall–Kier alpha value is -1.55. The monoisotopic (exact) mass is 247 g/mol. The van der Waals surface area contributed by atoms with Gasteiger partial charge in [-0.05, 0) is 56.6 Å². The highest BCUT2D eigenvalue weighted by molar-refractivity contribution is 5.95. The summed E-state index contributed by atoms with van der Waals surface area (Å²) in [7, 11) is 0. The first kappa shape index (κ1) is 12.9. The van der Waals surface area contributed by atoms with E-state index in [0.29, 0.717) is 17.8 Å². The molecule has 4 heteroatoms. The van der Waals surface area contributed by atoms with Gasteiger partial charge in [0.2, 0.25) is 0 Å². The number of likely N-dealkylation sites (tertiary alicyclic amines) is 1. The number of carbonyl (C=O) groups excluding carboxylic acids is 1. The number of nitrogen functional groups attached to an aromatic ring is 1. The van der Waals surface area contributed by atoms with Crippen molar-refractivity contribution in [3.63, 3.8) is 0 Å². The van der Waals surface area contributed by atoms with Crippen LogP contribution in [-0.2, 0) is 0 Å². The van der Waals surface area contributed by atoms with Gasteiger partial charge in [0.05, 0.1) is 0 Å². The normalized spacial score (nSPS) is 15.8. The van der Waals surface area contributed by atoms with Crippen LogP contribution in [0, 0.1) is 6.92 Å². The summed E-state index contributed by atoms with van der Waals surface area (Å²) < 4.78 is 0. The molecule has 0 saturated carbocycles. The molecule has 1 aliphatic heterocycles. The summed E-state index contributed by atoms with van der Waals surface area (Å²) in [5.41, 5.74) is 8.04.